The number of nitrogens with one attached hydrogen (secondary N) is 1. The summed E-state index contributed by atoms with van der Waals surface area (Å²) in [5.41, 5.74) is 0. The van der Waals surface area contributed by atoms with Gasteiger partial charge in [-0.25, -0.2) is 0 Å². The predicted molar refractivity (Wildman–Crippen MR) is 69.0 cm³/mol. The maximum Gasteiger partial charge on any atom is 0.261 e. The van der Waals surface area contributed by atoms with Gasteiger partial charge in [0, 0.05) is 12.3 Å². The Balaban J connectivity index is 2.53. The van der Waals surface area contributed by atoms with Crippen LogP contribution in [-0.2, 0) is 0 Å². The fourth-order valence-electron chi connectivity index (χ4n) is 1.01. The standard InChI is InChI=1S/C11H13NO2S2/c1-15-8-6-12-11(14)10-5-4-9(16-10)3-2-7-13/h4-5,13H,6-8H2,1H3,(H,12,14). The highest BCUT2D eigenvalue weighted by molar-refractivity contribution is 7.98. The molecule has 1 aromatic heterocycles. The molecule has 1 amide bonds. The maximum absolute atomic E-state index is 11.6. The normalized spacial score (nSPS) is 9.38. The van der Waals surface area contributed by atoms with Gasteiger partial charge < -0.3 is 10.4 Å². The lowest BCUT2D eigenvalue weighted by molar-refractivity contribution is 0.0960. The summed E-state index contributed by atoms with van der Waals surface area (Å²) in [5, 5.41) is 11.4. The van der Waals surface area contributed by atoms with E-state index in [1.54, 1.807) is 23.9 Å². The van der Waals surface area contributed by atoms with Gasteiger partial charge in [0.1, 0.15) is 6.61 Å². The van der Waals surface area contributed by atoms with Crippen molar-refractivity contribution < 1.29 is 9.90 Å². The Kier molecular flexibility index (Phi) is 6.01. The first-order valence-corrected chi connectivity index (χ1v) is 6.95. The van der Waals surface area contributed by atoms with Crippen molar-refractivity contribution in [2.24, 2.45) is 0 Å². The molecule has 0 atom stereocenters. The average Bonchev–Trinajstić information content (AvgIpc) is 2.75. The number of rotatable bonds is 4. The van der Waals surface area contributed by atoms with E-state index in [-0.39, 0.29) is 12.5 Å². The third-order valence-electron chi connectivity index (χ3n) is 1.71. The molecule has 2 N–H and O–H groups in total. The Morgan fingerprint density at radius 3 is 3.12 bits per heavy atom. The molecule has 0 aliphatic carbocycles. The Morgan fingerprint density at radius 1 is 1.62 bits per heavy atom. The summed E-state index contributed by atoms with van der Waals surface area (Å²) in [5.74, 6) is 6.17. The number of hydrogen-bond acceptors (Lipinski definition) is 4. The van der Waals surface area contributed by atoms with E-state index in [9.17, 15) is 4.79 Å². The minimum atomic E-state index is -0.160. The predicted octanol–water partition coefficient (Wildman–Crippen LogP) is 1.18. The highest BCUT2D eigenvalue weighted by Gasteiger charge is 2.07. The van der Waals surface area contributed by atoms with Crippen molar-refractivity contribution in [3.05, 3.63) is 21.9 Å². The SMILES string of the molecule is CSCCNC(=O)c1ccc(C#CCO)s1. The molecule has 0 saturated heterocycles. The molecule has 1 rings (SSSR count). The quantitative estimate of drug-likeness (QED) is 0.627. The van der Waals surface area contributed by atoms with Crippen molar-refractivity contribution >= 4 is 29.0 Å². The van der Waals surface area contributed by atoms with Gasteiger partial charge >= 0.3 is 0 Å². The van der Waals surface area contributed by atoms with Gasteiger partial charge in [-0.05, 0) is 18.4 Å². The van der Waals surface area contributed by atoms with Crippen LogP contribution < -0.4 is 5.32 Å². The highest BCUT2D eigenvalue weighted by atomic mass is 32.2. The first-order chi connectivity index (χ1) is 7.77. The monoisotopic (exact) mass is 255 g/mol. The second-order valence-corrected chi connectivity index (χ2v) is 4.94. The van der Waals surface area contributed by atoms with Crippen molar-refractivity contribution in [3.8, 4) is 11.8 Å². The van der Waals surface area contributed by atoms with Gasteiger partial charge in [0.25, 0.3) is 5.91 Å². The molecular formula is C11H13NO2S2. The van der Waals surface area contributed by atoms with E-state index in [2.05, 4.69) is 17.2 Å². The van der Waals surface area contributed by atoms with Gasteiger partial charge in [0.15, 0.2) is 0 Å². The van der Waals surface area contributed by atoms with Crippen molar-refractivity contribution in [3.63, 3.8) is 0 Å². The van der Waals surface area contributed by atoms with Crippen molar-refractivity contribution in [2.75, 3.05) is 25.2 Å². The van der Waals surface area contributed by atoms with Gasteiger partial charge in [0.05, 0.1) is 9.75 Å². The van der Waals surface area contributed by atoms with Crippen LogP contribution in [0, 0.1) is 11.8 Å². The van der Waals surface area contributed by atoms with Gasteiger partial charge in [0.2, 0.25) is 0 Å². The van der Waals surface area contributed by atoms with Crippen LogP contribution in [0.5, 0.6) is 0 Å². The number of hydrogen-bond donors (Lipinski definition) is 2. The summed E-state index contributed by atoms with van der Waals surface area (Å²) in [6.45, 7) is 0.517. The molecule has 0 spiro atoms. The smallest absolute Gasteiger partial charge is 0.261 e. The summed E-state index contributed by atoms with van der Waals surface area (Å²) in [6.07, 6.45) is 2.00. The number of amides is 1. The van der Waals surface area contributed by atoms with E-state index in [4.69, 9.17) is 5.11 Å². The molecule has 0 aromatic carbocycles. The van der Waals surface area contributed by atoms with Gasteiger partial charge in [-0.2, -0.15) is 11.8 Å². The molecule has 0 bridgehead atoms. The van der Waals surface area contributed by atoms with E-state index >= 15 is 0 Å². The maximum atomic E-state index is 11.6. The minimum Gasteiger partial charge on any atom is -0.384 e. The largest absolute Gasteiger partial charge is 0.384 e. The lowest BCUT2D eigenvalue weighted by Gasteiger charge is -2.00. The number of thioether (sulfide) groups is 1. The Morgan fingerprint density at radius 2 is 2.44 bits per heavy atom. The number of thiophene rings is 1. The van der Waals surface area contributed by atoms with E-state index in [0.29, 0.717) is 11.4 Å². The van der Waals surface area contributed by atoms with Crippen LogP contribution in [0.15, 0.2) is 12.1 Å². The topological polar surface area (TPSA) is 49.3 Å². The zero-order chi connectivity index (χ0) is 11.8. The summed E-state index contributed by atoms with van der Waals surface area (Å²) >= 11 is 3.03. The first-order valence-electron chi connectivity index (χ1n) is 4.74. The van der Waals surface area contributed by atoms with Crippen LogP contribution in [-0.4, -0.2) is 36.2 Å². The number of aliphatic hydroxyl groups is 1. The summed E-state index contributed by atoms with van der Waals surface area (Å²) in [7, 11) is 0. The third-order valence-corrected chi connectivity index (χ3v) is 3.32. The van der Waals surface area contributed by atoms with Crippen LogP contribution >= 0.6 is 23.1 Å². The van der Waals surface area contributed by atoms with E-state index in [0.717, 1.165) is 10.6 Å². The molecule has 16 heavy (non-hydrogen) atoms. The van der Waals surface area contributed by atoms with Crippen LogP contribution in [0.3, 0.4) is 0 Å². The number of carbonyl (C=O) groups is 1. The second kappa shape index (κ2) is 7.34. The molecule has 0 saturated carbocycles. The molecule has 0 aliphatic heterocycles. The highest BCUT2D eigenvalue weighted by Crippen LogP contribution is 2.14. The van der Waals surface area contributed by atoms with Crippen molar-refractivity contribution in [2.45, 2.75) is 0 Å². The molecule has 1 heterocycles. The van der Waals surface area contributed by atoms with Crippen LogP contribution in [0.1, 0.15) is 14.5 Å². The number of carbonyl (C=O) groups excluding carboxylic acids is 1. The fraction of sp³-hybridized carbons (Fsp3) is 0.364. The van der Waals surface area contributed by atoms with Gasteiger partial charge in [-0.15, -0.1) is 11.3 Å². The molecule has 0 radical (unpaired) electrons. The molecule has 86 valence electrons. The van der Waals surface area contributed by atoms with Crippen molar-refractivity contribution in [1.82, 2.24) is 5.32 Å². The first kappa shape index (κ1) is 13.1. The van der Waals surface area contributed by atoms with Gasteiger partial charge in [-0.3, -0.25) is 4.79 Å². The minimum absolute atomic E-state index is 0.0592. The van der Waals surface area contributed by atoms with Crippen molar-refractivity contribution in [1.29, 1.82) is 0 Å². The lowest BCUT2D eigenvalue weighted by atomic mass is 10.4. The van der Waals surface area contributed by atoms with Gasteiger partial charge in [-0.1, -0.05) is 11.8 Å². The molecule has 0 aliphatic rings. The summed E-state index contributed by atoms with van der Waals surface area (Å²) in [6, 6.07) is 3.54. The third kappa shape index (κ3) is 4.27. The molecular weight excluding hydrogens is 242 g/mol. The van der Waals surface area contributed by atoms with E-state index in [1.165, 1.54) is 11.3 Å². The Bertz CT molecular complexity index is 404. The lowest BCUT2D eigenvalue weighted by Crippen LogP contribution is -2.24. The molecule has 0 fully saturated rings. The fourth-order valence-corrected chi connectivity index (χ4v) is 2.11. The Hall–Kier alpha value is -0.960. The molecule has 5 heteroatoms. The summed E-state index contributed by atoms with van der Waals surface area (Å²) in [4.78, 5) is 13.1. The molecule has 3 nitrogen and oxygen atoms in total. The summed E-state index contributed by atoms with van der Waals surface area (Å²) < 4.78 is 0. The average molecular weight is 255 g/mol. The zero-order valence-corrected chi connectivity index (χ0v) is 10.6. The van der Waals surface area contributed by atoms with Crippen LogP contribution in [0.25, 0.3) is 0 Å². The van der Waals surface area contributed by atoms with Crippen LogP contribution in [0.2, 0.25) is 0 Å². The molecule has 1 aromatic rings. The van der Waals surface area contributed by atoms with Crippen LogP contribution in [0.4, 0.5) is 0 Å². The number of aliphatic hydroxyl groups excluding tert-OH is 1. The molecule has 0 unspecified atom stereocenters. The zero-order valence-electron chi connectivity index (χ0n) is 8.95. The second-order valence-electron chi connectivity index (χ2n) is 2.87. The Labute approximate surface area is 103 Å². The van der Waals surface area contributed by atoms with E-state index in [1.807, 2.05) is 6.26 Å². The van der Waals surface area contributed by atoms with E-state index < -0.39 is 0 Å².